The Morgan fingerprint density at radius 2 is 2.31 bits per heavy atom. The van der Waals surface area contributed by atoms with Gasteiger partial charge in [-0.15, -0.1) is 0 Å². The van der Waals surface area contributed by atoms with Crippen LogP contribution in [0, 0.1) is 6.92 Å². The highest BCUT2D eigenvalue weighted by molar-refractivity contribution is 4.98. The summed E-state index contributed by atoms with van der Waals surface area (Å²) in [7, 11) is 0. The van der Waals surface area contributed by atoms with Gasteiger partial charge in [-0.1, -0.05) is 0 Å². The summed E-state index contributed by atoms with van der Waals surface area (Å²) in [6, 6.07) is 0. The number of hydrogen-bond acceptors (Lipinski definition) is 3. The predicted octanol–water partition coefficient (Wildman–Crippen LogP) is 0.550. The van der Waals surface area contributed by atoms with Crippen molar-refractivity contribution in [1.82, 2.24) is 14.9 Å². The zero-order valence-electron chi connectivity index (χ0n) is 7.92. The van der Waals surface area contributed by atoms with E-state index in [4.69, 9.17) is 4.74 Å². The van der Waals surface area contributed by atoms with Crippen molar-refractivity contribution in [3.05, 3.63) is 17.7 Å². The second-order valence-electron chi connectivity index (χ2n) is 3.40. The van der Waals surface area contributed by atoms with Crippen molar-refractivity contribution in [2.45, 2.75) is 13.5 Å². The average molecular weight is 181 g/mol. The van der Waals surface area contributed by atoms with Crippen molar-refractivity contribution in [3.63, 3.8) is 0 Å². The van der Waals surface area contributed by atoms with Crippen LogP contribution in [0.1, 0.15) is 11.5 Å². The summed E-state index contributed by atoms with van der Waals surface area (Å²) in [4.78, 5) is 9.85. The molecular formula is C9H15N3O. The quantitative estimate of drug-likeness (QED) is 0.724. The van der Waals surface area contributed by atoms with Crippen molar-refractivity contribution in [3.8, 4) is 0 Å². The van der Waals surface area contributed by atoms with E-state index < -0.39 is 0 Å². The smallest absolute Gasteiger partial charge is 0.120 e. The number of nitrogens with zero attached hydrogens (tertiary/aromatic N) is 2. The maximum Gasteiger partial charge on any atom is 0.120 e. The fraction of sp³-hybridized carbons (Fsp3) is 0.667. The Balaban J connectivity index is 1.89. The predicted molar refractivity (Wildman–Crippen MR) is 49.4 cm³/mol. The summed E-state index contributed by atoms with van der Waals surface area (Å²) >= 11 is 0. The Morgan fingerprint density at radius 1 is 1.54 bits per heavy atom. The first-order chi connectivity index (χ1) is 6.34. The minimum absolute atomic E-state index is 0.847. The molecule has 2 heterocycles. The molecule has 0 spiro atoms. The average Bonchev–Trinajstić information content (AvgIpc) is 2.53. The van der Waals surface area contributed by atoms with Crippen LogP contribution in [0.15, 0.2) is 6.20 Å². The van der Waals surface area contributed by atoms with E-state index in [0.717, 1.165) is 44.4 Å². The number of H-pyrrole nitrogens is 1. The van der Waals surface area contributed by atoms with Gasteiger partial charge in [0.25, 0.3) is 0 Å². The molecule has 1 N–H and O–H groups in total. The molecule has 0 aromatic carbocycles. The second kappa shape index (κ2) is 3.89. The maximum absolute atomic E-state index is 5.27. The first-order valence-electron chi connectivity index (χ1n) is 4.65. The van der Waals surface area contributed by atoms with Crippen LogP contribution >= 0.6 is 0 Å². The number of aryl methyl sites for hydroxylation is 1. The first kappa shape index (κ1) is 8.72. The molecule has 1 aromatic rings. The third kappa shape index (κ3) is 2.29. The highest BCUT2D eigenvalue weighted by Gasteiger charge is 2.11. The van der Waals surface area contributed by atoms with Crippen LogP contribution in [-0.4, -0.2) is 41.2 Å². The van der Waals surface area contributed by atoms with Gasteiger partial charge in [0, 0.05) is 25.0 Å². The summed E-state index contributed by atoms with van der Waals surface area (Å²) in [5, 5.41) is 0. The maximum atomic E-state index is 5.27. The fourth-order valence-electron chi connectivity index (χ4n) is 1.52. The highest BCUT2D eigenvalue weighted by Crippen LogP contribution is 2.03. The molecule has 0 aliphatic carbocycles. The van der Waals surface area contributed by atoms with Crippen LogP contribution in [0.4, 0.5) is 0 Å². The number of rotatable bonds is 2. The molecule has 0 bridgehead atoms. The van der Waals surface area contributed by atoms with Gasteiger partial charge in [-0.2, -0.15) is 0 Å². The molecule has 13 heavy (non-hydrogen) atoms. The molecule has 1 saturated heterocycles. The Hall–Kier alpha value is -0.870. The van der Waals surface area contributed by atoms with Gasteiger partial charge in [-0.3, -0.25) is 4.90 Å². The lowest BCUT2D eigenvalue weighted by atomic mass is 10.4. The fourth-order valence-corrected chi connectivity index (χ4v) is 1.52. The molecule has 0 amide bonds. The van der Waals surface area contributed by atoms with Crippen molar-refractivity contribution in [2.24, 2.45) is 0 Å². The van der Waals surface area contributed by atoms with Crippen LogP contribution < -0.4 is 0 Å². The number of nitrogens with one attached hydrogen (secondary N) is 1. The summed E-state index contributed by atoms with van der Waals surface area (Å²) in [5.41, 5.74) is 1.13. The molecule has 0 saturated carbocycles. The standard InChI is InChI=1S/C9H15N3O/c1-8-6-10-9(11-8)7-12-2-4-13-5-3-12/h6H,2-5,7H2,1H3,(H,10,11). The Kier molecular flexibility index (Phi) is 2.61. The lowest BCUT2D eigenvalue weighted by Crippen LogP contribution is -2.35. The van der Waals surface area contributed by atoms with Gasteiger partial charge in [0.2, 0.25) is 0 Å². The normalized spacial score (nSPS) is 19.2. The topological polar surface area (TPSA) is 41.2 Å². The molecule has 4 nitrogen and oxygen atoms in total. The van der Waals surface area contributed by atoms with Crippen molar-refractivity contribution in [2.75, 3.05) is 26.3 Å². The lowest BCUT2D eigenvalue weighted by Gasteiger charge is -2.25. The molecular weight excluding hydrogens is 166 g/mol. The third-order valence-electron chi connectivity index (χ3n) is 2.23. The second-order valence-corrected chi connectivity index (χ2v) is 3.40. The molecule has 0 atom stereocenters. The number of hydrogen-bond donors (Lipinski definition) is 1. The molecule has 0 unspecified atom stereocenters. The molecule has 1 aliphatic rings. The number of ether oxygens (including phenoxy) is 1. The summed E-state index contributed by atoms with van der Waals surface area (Å²) < 4.78 is 5.27. The van der Waals surface area contributed by atoms with E-state index in [9.17, 15) is 0 Å². The van der Waals surface area contributed by atoms with E-state index in [1.54, 1.807) is 0 Å². The monoisotopic (exact) mass is 181 g/mol. The van der Waals surface area contributed by atoms with E-state index in [-0.39, 0.29) is 0 Å². The van der Waals surface area contributed by atoms with Gasteiger partial charge in [0.15, 0.2) is 0 Å². The number of morpholine rings is 1. The van der Waals surface area contributed by atoms with Crippen molar-refractivity contribution < 1.29 is 4.74 Å². The van der Waals surface area contributed by atoms with Gasteiger partial charge in [-0.05, 0) is 6.92 Å². The van der Waals surface area contributed by atoms with Crippen LogP contribution in [0.5, 0.6) is 0 Å². The zero-order chi connectivity index (χ0) is 9.10. The minimum Gasteiger partial charge on any atom is -0.379 e. The van der Waals surface area contributed by atoms with E-state index in [1.807, 2.05) is 13.1 Å². The zero-order valence-corrected chi connectivity index (χ0v) is 7.92. The molecule has 1 aliphatic heterocycles. The van der Waals surface area contributed by atoms with E-state index >= 15 is 0 Å². The van der Waals surface area contributed by atoms with Crippen LogP contribution in [0.3, 0.4) is 0 Å². The van der Waals surface area contributed by atoms with Gasteiger partial charge in [0.05, 0.1) is 19.8 Å². The third-order valence-corrected chi connectivity index (χ3v) is 2.23. The van der Waals surface area contributed by atoms with Gasteiger partial charge in [-0.25, -0.2) is 4.98 Å². The highest BCUT2D eigenvalue weighted by atomic mass is 16.5. The van der Waals surface area contributed by atoms with E-state index in [0.29, 0.717) is 0 Å². The largest absolute Gasteiger partial charge is 0.379 e. The molecule has 4 heteroatoms. The lowest BCUT2D eigenvalue weighted by molar-refractivity contribution is 0.0331. The Labute approximate surface area is 77.9 Å². The Morgan fingerprint density at radius 3 is 2.92 bits per heavy atom. The van der Waals surface area contributed by atoms with E-state index in [2.05, 4.69) is 14.9 Å². The van der Waals surface area contributed by atoms with Gasteiger partial charge in [0.1, 0.15) is 5.82 Å². The summed E-state index contributed by atoms with van der Waals surface area (Å²) in [6.07, 6.45) is 1.87. The summed E-state index contributed by atoms with van der Waals surface area (Å²) in [6.45, 7) is 6.66. The van der Waals surface area contributed by atoms with Crippen molar-refractivity contribution in [1.29, 1.82) is 0 Å². The first-order valence-corrected chi connectivity index (χ1v) is 4.65. The SMILES string of the molecule is Cc1cnc(CN2CCOCC2)[nH]1. The van der Waals surface area contributed by atoms with Crippen LogP contribution in [-0.2, 0) is 11.3 Å². The molecule has 72 valence electrons. The molecule has 1 aromatic heterocycles. The minimum atomic E-state index is 0.847. The van der Waals surface area contributed by atoms with Crippen LogP contribution in [0.25, 0.3) is 0 Å². The van der Waals surface area contributed by atoms with Gasteiger partial charge >= 0.3 is 0 Å². The van der Waals surface area contributed by atoms with Gasteiger partial charge < -0.3 is 9.72 Å². The molecule has 0 radical (unpaired) electrons. The molecule has 1 fully saturated rings. The number of imidazole rings is 1. The van der Waals surface area contributed by atoms with Crippen molar-refractivity contribution >= 4 is 0 Å². The number of aromatic nitrogens is 2. The number of aromatic amines is 1. The van der Waals surface area contributed by atoms with Crippen LogP contribution in [0.2, 0.25) is 0 Å². The molecule has 2 rings (SSSR count). The Bertz CT molecular complexity index is 266. The van der Waals surface area contributed by atoms with E-state index in [1.165, 1.54) is 0 Å². The summed E-state index contributed by atoms with van der Waals surface area (Å²) in [5.74, 6) is 1.06.